The van der Waals surface area contributed by atoms with Crippen molar-refractivity contribution in [3.63, 3.8) is 0 Å². The van der Waals surface area contributed by atoms with E-state index in [1.54, 1.807) is 11.3 Å². The Morgan fingerprint density at radius 3 is 2.78 bits per heavy atom. The van der Waals surface area contributed by atoms with Crippen LogP contribution in [-0.2, 0) is 12.1 Å². The molecule has 2 aromatic heterocycles. The second-order valence-corrected chi connectivity index (χ2v) is 6.42. The Labute approximate surface area is 112 Å². The van der Waals surface area contributed by atoms with E-state index >= 15 is 0 Å². The van der Waals surface area contributed by atoms with Gasteiger partial charge in [0.1, 0.15) is 0 Å². The third kappa shape index (κ3) is 3.17. The first-order valence-electron chi connectivity index (χ1n) is 6.15. The van der Waals surface area contributed by atoms with Crippen LogP contribution in [0.1, 0.15) is 44.3 Å². The molecule has 0 aromatic carbocycles. The zero-order chi connectivity index (χ0) is 13.2. The molecule has 0 radical (unpaired) electrons. The molecule has 1 atom stereocenters. The van der Waals surface area contributed by atoms with E-state index in [1.807, 2.05) is 10.9 Å². The molecule has 0 amide bonds. The fourth-order valence-corrected chi connectivity index (χ4v) is 2.36. The van der Waals surface area contributed by atoms with E-state index in [4.69, 9.17) is 0 Å². The lowest BCUT2D eigenvalue weighted by atomic mass is 10.1. The number of hydrogen-bond acceptors (Lipinski definition) is 4. The summed E-state index contributed by atoms with van der Waals surface area (Å²) in [5.41, 5.74) is 0.971. The Kier molecular flexibility index (Phi) is 3.82. The molecule has 0 aliphatic heterocycles. The van der Waals surface area contributed by atoms with Gasteiger partial charge in [0.25, 0.3) is 0 Å². The highest BCUT2D eigenvalue weighted by Gasteiger charge is 2.15. The Balaban J connectivity index is 1.93. The minimum atomic E-state index is -0.00931. The Morgan fingerprint density at radius 2 is 2.22 bits per heavy atom. The van der Waals surface area contributed by atoms with Gasteiger partial charge in [0.2, 0.25) is 0 Å². The maximum absolute atomic E-state index is 4.19. The molecule has 2 rings (SSSR count). The molecule has 0 aliphatic rings. The summed E-state index contributed by atoms with van der Waals surface area (Å²) in [5, 5.41) is 13.9. The SMILES string of the molecule is C[C@@H](NCc1cn(C(C)(C)C)nn1)c1cccs1. The average Bonchev–Trinajstić information content (AvgIpc) is 2.96. The fraction of sp³-hybridized carbons (Fsp3) is 0.538. The van der Waals surface area contributed by atoms with Gasteiger partial charge in [0.15, 0.2) is 0 Å². The number of aromatic nitrogens is 3. The third-order valence-corrected chi connectivity index (χ3v) is 3.84. The van der Waals surface area contributed by atoms with Crippen LogP contribution in [0.3, 0.4) is 0 Å². The van der Waals surface area contributed by atoms with Gasteiger partial charge >= 0.3 is 0 Å². The number of nitrogens with one attached hydrogen (secondary N) is 1. The number of thiophene rings is 1. The molecule has 0 fully saturated rings. The summed E-state index contributed by atoms with van der Waals surface area (Å²) in [4.78, 5) is 1.35. The lowest BCUT2D eigenvalue weighted by molar-refractivity contribution is 0.347. The smallest absolute Gasteiger partial charge is 0.0965 e. The molecule has 98 valence electrons. The Morgan fingerprint density at radius 1 is 1.44 bits per heavy atom. The van der Waals surface area contributed by atoms with Crippen molar-refractivity contribution in [3.05, 3.63) is 34.3 Å². The summed E-state index contributed by atoms with van der Waals surface area (Å²) in [7, 11) is 0. The van der Waals surface area contributed by atoms with Crippen molar-refractivity contribution in [2.45, 2.75) is 45.8 Å². The molecule has 0 unspecified atom stereocenters. The third-order valence-electron chi connectivity index (χ3n) is 2.79. The van der Waals surface area contributed by atoms with Gasteiger partial charge in [-0.15, -0.1) is 16.4 Å². The summed E-state index contributed by atoms with van der Waals surface area (Å²) < 4.78 is 1.90. The average molecular weight is 264 g/mol. The van der Waals surface area contributed by atoms with Crippen LogP contribution < -0.4 is 5.32 Å². The lowest BCUT2D eigenvalue weighted by Crippen LogP contribution is -2.22. The van der Waals surface area contributed by atoms with Crippen molar-refractivity contribution in [2.75, 3.05) is 0 Å². The zero-order valence-corrected chi connectivity index (χ0v) is 12.2. The molecule has 1 N–H and O–H groups in total. The van der Waals surface area contributed by atoms with E-state index in [9.17, 15) is 0 Å². The molecule has 4 nitrogen and oxygen atoms in total. The molecule has 5 heteroatoms. The molecular formula is C13H20N4S. The van der Waals surface area contributed by atoms with Crippen LogP contribution in [0, 0.1) is 0 Å². The normalized spacial score (nSPS) is 13.8. The molecule has 2 heterocycles. The molecule has 0 spiro atoms. The Bertz CT molecular complexity index is 481. The lowest BCUT2D eigenvalue weighted by Gasteiger charge is -2.17. The van der Waals surface area contributed by atoms with Crippen molar-refractivity contribution in [3.8, 4) is 0 Å². The first kappa shape index (κ1) is 13.2. The van der Waals surface area contributed by atoms with Crippen molar-refractivity contribution in [1.29, 1.82) is 0 Å². The summed E-state index contributed by atoms with van der Waals surface area (Å²) in [6.45, 7) is 9.27. The molecular weight excluding hydrogens is 244 g/mol. The van der Waals surface area contributed by atoms with Crippen LogP contribution in [0.2, 0.25) is 0 Å². The standard InChI is InChI=1S/C13H20N4S/c1-10(12-6-5-7-18-12)14-8-11-9-17(16-15-11)13(2,3)4/h5-7,9-10,14H,8H2,1-4H3/t10-/m1/s1. The predicted octanol–water partition coefficient (Wildman–Crippen LogP) is 2.95. The van der Waals surface area contributed by atoms with Gasteiger partial charge in [-0.25, -0.2) is 4.68 Å². The molecule has 18 heavy (non-hydrogen) atoms. The van der Waals surface area contributed by atoms with Gasteiger partial charge in [-0.05, 0) is 39.1 Å². The van der Waals surface area contributed by atoms with Gasteiger partial charge < -0.3 is 5.32 Å². The zero-order valence-electron chi connectivity index (χ0n) is 11.3. The van der Waals surface area contributed by atoms with Gasteiger partial charge in [-0.2, -0.15) is 0 Å². The van der Waals surface area contributed by atoms with Gasteiger partial charge in [0.05, 0.1) is 17.4 Å². The predicted molar refractivity (Wildman–Crippen MR) is 74.6 cm³/mol. The first-order chi connectivity index (χ1) is 8.47. The quantitative estimate of drug-likeness (QED) is 0.923. The van der Waals surface area contributed by atoms with E-state index in [2.05, 4.69) is 60.8 Å². The van der Waals surface area contributed by atoms with E-state index in [0.29, 0.717) is 6.04 Å². The van der Waals surface area contributed by atoms with E-state index in [0.717, 1.165) is 12.2 Å². The van der Waals surface area contributed by atoms with E-state index < -0.39 is 0 Å². The first-order valence-corrected chi connectivity index (χ1v) is 7.03. The summed E-state index contributed by atoms with van der Waals surface area (Å²) in [6, 6.07) is 4.58. The molecule has 0 saturated carbocycles. The largest absolute Gasteiger partial charge is 0.304 e. The van der Waals surface area contributed by atoms with Crippen molar-refractivity contribution in [2.24, 2.45) is 0 Å². The maximum Gasteiger partial charge on any atom is 0.0965 e. The number of nitrogens with zero attached hydrogens (tertiary/aromatic N) is 3. The van der Waals surface area contributed by atoms with Crippen molar-refractivity contribution < 1.29 is 0 Å². The fourth-order valence-electron chi connectivity index (χ4n) is 1.60. The Hall–Kier alpha value is -1.20. The van der Waals surface area contributed by atoms with Crippen LogP contribution in [0.25, 0.3) is 0 Å². The highest BCUT2D eigenvalue weighted by atomic mass is 32.1. The van der Waals surface area contributed by atoms with Crippen LogP contribution in [0.4, 0.5) is 0 Å². The van der Waals surface area contributed by atoms with E-state index in [-0.39, 0.29) is 5.54 Å². The summed E-state index contributed by atoms with van der Waals surface area (Å²) in [6.07, 6.45) is 2.01. The van der Waals surface area contributed by atoms with Crippen LogP contribution in [0.15, 0.2) is 23.7 Å². The second-order valence-electron chi connectivity index (χ2n) is 5.44. The van der Waals surface area contributed by atoms with E-state index in [1.165, 1.54) is 4.88 Å². The summed E-state index contributed by atoms with van der Waals surface area (Å²) >= 11 is 1.77. The molecule has 2 aromatic rings. The summed E-state index contributed by atoms with van der Waals surface area (Å²) in [5.74, 6) is 0. The van der Waals surface area contributed by atoms with Gasteiger partial charge in [-0.1, -0.05) is 11.3 Å². The molecule has 0 bridgehead atoms. The highest BCUT2D eigenvalue weighted by Crippen LogP contribution is 2.18. The van der Waals surface area contributed by atoms with Crippen LogP contribution in [0.5, 0.6) is 0 Å². The van der Waals surface area contributed by atoms with Crippen LogP contribution in [-0.4, -0.2) is 15.0 Å². The maximum atomic E-state index is 4.19. The van der Waals surface area contributed by atoms with Gasteiger partial charge in [0, 0.05) is 17.5 Å². The molecule has 0 aliphatic carbocycles. The number of rotatable bonds is 4. The highest BCUT2D eigenvalue weighted by molar-refractivity contribution is 7.10. The molecule has 0 saturated heterocycles. The van der Waals surface area contributed by atoms with Crippen LogP contribution >= 0.6 is 11.3 Å². The second kappa shape index (κ2) is 5.20. The van der Waals surface area contributed by atoms with Gasteiger partial charge in [-0.3, -0.25) is 0 Å². The monoisotopic (exact) mass is 264 g/mol. The number of hydrogen-bond donors (Lipinski definition) is 1. The minimum Gasteiger partial charge on any atom is -0.304 e. The minimum absolute atomic E-state index is 0.00931. The topological polar surface area (TPSA) is 42.7 Å². The van der Waals surface area contributed by atoms with Crippen molar-refractivity contribution in [1.82, 2.24) is 20.3 Å². The van der Waals surface area contributed by atoms with Crippen molar-refractivity contribution >= 4 is 11.3 Å².